The van der Waals surface area contributed by atoms with E-state index in [9.17, 15) is 4.79 Å². The number of carbonyl (C=O) groups excluding carboxylic acids is 1. The number of nitrogens with one attached hydrogen (secondary N) is 1. The molecule has 3 N–H and O–H groups in total. The van der Waals surface area contributed by atoms with Crippen LogP contribution in [0.3, 0.4) is 0 Å². The molecule has 1 fully saturated rings. The van der Waals surface area contributed by atoms with Crippen LogP contribution in [0.15, 0.2) is 24.3 Å². The fourth-order valence-corrected chi connectivity index (χ4v) is 3.71. The SMILES string of the molecule is CCC(CC)(CN)C(=O)NCc1ccc(CN2CCCCC2C)cc1.Cl.Cl. The second-order valence-electron chi connectivity index (χ2n) is 7.51. The second-order valence-corrected chi connectivity index (χ2v) is 7.51. The highest BCUT2D eigenvalue weighted by molar-refractivity contribution is 5.85. The summed E-state index contributed by atoms with van der Waals surface area (Å²) in [6, 6.07) is 9.33. The summed E-state index contributed by atoms with van der Waals surface area (Å²) in [6.45, 7) is 9.59. The number of nitrogens with two attached hydrogens (primary N) is 1. The van der Waals surface area contributed by atoms with Crippen LogP contribution in [0.25, 0.3) is 0 Å². The van der Waals surface area contributed by atoms with Gasteiger partial charge in [-0.2, -0.15) is 0 Å². The van der Waals surface area contributed by atoms with Crippen LogP contribution in [0, 0.1) is 5.41 Å². The van der Waals surface area contributed by atoms with E-state index >= 15 is 0 Å². The van der Waals surface area contributed by atoms with E-state index in [0.717, 1.165) is 24.9 Å². The first-order valence-electron chi connectivity index (χ1n) is 9.85. The molecule has 0 spiro atoms. The molecule has 1 aromatic carbocycles. The van der Waals surface area contributed by atoms with Crippen LogP contribution in [0.4, 0.5) is 0 Å². The maximum absolute atomic E-state index is 12.5. The Bertz CT molecular complexity index is 539. The Hall–Kier alpha value is -0.810. The summed E-state index contributed by atoms with van der Waals surface area (Å²) in [5.41, 5.74) is 7.92. The van der Waals surface area contributed by atoms with E-state index in [1.165, 1.54) is 31.4 Å². The third-order valence-electron chi connectivity index (χ3n) is 6.03. The molecule has 156 valence electrons. The van der Waals surface area contributed by atoms with Crippen LogP contribution in [0.5, 0.6) is 0 Å². The molecule has 27 heavy (non-hydrogen) atoms. The lowest BCUT2D eigenvalue weighted by atomic mass is 9.81. The van der Waals surface area contributed by atoms with Crippen molar-refractivity contribution >= 4 is 30.7 Å². The smallest absolute Gasteiger partial charge is 0.227 e. The first-order valence-corrected chi connectivity index (χ1v) is 9.85. The number of piperidine rings is 1. The van der Waals surface area contributed by atoms with Crippen LogP contribution >= 0.6 is 24.8 Å². The highest BCUT2D eigenvalue weighted by Crippen LogP contribution is 2.25. The molecule has 1 heterocycles. The second kappa shape index (κ2) is 12.6. The Morgan fingerprint density at radius 2 is 1.74 bits per heavy atom. The van der Waals surface area contributed by atoms with Crippen LogP contribution in [0.2, 0.25) is 0 Å². The zero-order valence-electron chi connectivity index (χ0n) is 17.0. The topological polar surface area (TPSA) is 58.4 Å². The molecular weight excluding hydrogens is 381 g/mol. The highest BCUT2D eigenvalue weighted by atomic mass is 35.5. The van der Waals surface area contributed by atoms with Gasteiger partial charge in [0.1, 0.15) is 0 Å². The fourth-order valence-electron chi connectivity index (χ4n) is 3.71. The van der Waals surface area contributed by atoms with Crippen LogP contribution in [-0.2, 0) is 17.9 Å². The average Bonchev–Trinajstić information content (AvgIpc) is 2.65. The molecule has 0 bridgehead atoms. The lowest BCUT2D eigenvalue weighted by molar-refractivity contribution is -0.131. The van der Waals surface area contributed by atoms with E-state index < -0.39 is 5.41 Å². The maximum Gasteiger partial charge on any atom is 0.227 e. The van der Waals surface area contributed by atoms with Crippen molar-refractivity contribution in [1.82, 2.24) is 10.2 Å². The van der Waals surface area contributed by atoms with Gasteiger partial charge in [-0.25, -0.2) is 0 Å². The molecule has 0 aromatic heterocycles. The summed E-state index contributed by atoms with van der Waals surface area (Å²) in [5, 5.41) is 3.07. The molecular formula is C21H37Cl2N3O. The van der Waals surface area contributed by atoms with Crippen molar-refractivity contribution in [2.24, 2.45) is 11.1 Å². The first-order chi connectivity index (χ1) is 12.0. The van der Waals surface area contributed by atoms with E-state index in [1.54, 1.807) is 0 Å². The molecule has 1 amide bonds. The van der Waals surface area contributed by atoms with Crippen molar-refractivity contribution in [2.45, 2.75) is 72.0 Å². The molecule has 1 aliphatic heterocycles. The summed E-state index contributed by atoms with van der Waals surface area (Å²) < 4.78 is 0. The van der Waals surface area contributed by atoms with Crippen molar-refractivity contribution in [1.29, 1.82) is 0 Å². The Balaban J connectivity index is 0.00000338. The number of amides is 1. The van der Waals surface area contributed by atoms with Crippen molar-refractivity contribution in [3.05, 3.63) is 35.4 Å². The molecule has 1 aliphatic rings. The Morgan fingerprint density at radius 1 is 1.15 bits per heavy atom. The fraction of sp³-hybridized carbons (Fsp3) is 0.667. The number of halogens is 2. The predicted octanol–water partition coefficient (Wildman–Crippen LogP) is 4.29. The van der Waals surface area contributed by atoms with Gasteiger partial charge in [0.25, 0.3) is 0 Å². The molecule has 2 rings (SSSR count). The number of hydrogen-bond acceptors (Lipinski definition) is 3. The minimum Gasteiger partial charge on any atom is -0.352 e. The van der Waals surface area contributed by atoms with Crippen molar-refractivity contribution in [2.75, 3.05) is 13.1 Å². The zero-order chi connectivity index (χ0) is 18.3. The number of hydrogen-bond donors (Lipinski definition) is 2. The molecule has 6 heteroatoms. The molecule has 1 saturated heterocycles. The standard InChI is InChI=1S/C21H35N3O.2ClH/c1-4-21(5-2,16-22)20(25)23-14-18-9-11-19(12-10-18)15-24-13-7-6-8-17(24)3;;/h9-12,17H,4-8,13-16,22H2,1-3H3,(H,23,25);2*1H. The number of rotatable bonds is 8. The van der Waals surface area contributed by atoms with E-state index in [1.807, 2.05) is 13.8 Å². The summed E-state index contributed by atoms with van der Waals surface area (Å²) in [6.07, 6.45) is 5.53. The number of likely N-dealkylation sites (tertiary alicyclic amines) is 1. The van der Waals surface area contributed by atoms with Gasteiger partial charge in [-0.3, -0.25) is 9.69 Å². The molecule has 1 aromatic rings. The lowest BCUT2D eigenvalue weighted by Gasteiger charge is -2.33. The van der Waals surface area contributed by atoms with Gasteiger partial charge in [-0.15, -0.1) is 24.8 Å². The van der Waals surface area contributed by atoms with Gasteiger partial charge in [0, 0.05) is 25.7 Å². The molecule has 0 aliphatic carbocycles. The van der Waals surface area contributed by atoms with Gasteiger partial charge in [0.05, 0.1) is 5.41 Å². The monoisotopic (exact) mass is 417 g/mol. The molecule has 4 nitrogen and oxygen atoms in total. The average molecular weight is 418 g/mol. The Kier molecular flexibility index (Phi) is 12.2. The minimum absolute atomic E-state index is 0. The van der Waals surface area contributed by atoms with Crippen molar-refractivity contribution in [3.8, 4) is 0 Å². The van der Waals surface area contributed by atoms with Crippen LogP contribution in [0.1, 0.15) is 64.0 Å². The minimum atomic E-state index is -0.426. The maximum atomic E-state index is 12.5. The highest BCUT2D eigenvalue weighted by Gasteiger charge is 2.32. The summed E-state index contributed by atoms with van der Waals surface area (Å²) in [4.78, 5) is 15.1. The summed E-state index contributed by atoms with van der Waals surface area (Å²) in [7, 11) is 0. The molecule has 1 atom stereocenters. The Morgan fingerprint density at radius 3 is 2.26 bits per heavy atom. The van der Waals surface area contributed by atoms with Gasteiger partial charge in [0.15, 0.2) is 0 Å². The van der Waals surface area contributed by atoms with Gasteiger partial charge < -0.3 is 11.1 Å². The van der Waals surface area contributed by atoms with E-state index in [2.05, 4.69) is 41.4 Å². The van der Waals surface area contributed by atoms with Gasteiger partial charge in [0.2, 0.25) is 5.91 Å². The quantitative estimate of drug-likeness (QED) is 0.662. The predicted molar refractivity (Wildman–Crippen MR) is 119 cm³/mol. The van der Waals surface area contributed by atoms with Gasteiger partial charge in [-0.05, 0) is 50.3 Å². The Labute approximate surface area is 177 Å². The number of nitrogens with zero attached hydrogens (tertiary/aromatic N) is 1. The van der Waals surface area contributed by atoms with E-state index in [0.29, 0.717) is 19.1 Å². The van der Waals surface area contributed by atoms with Gasteiger partial charge >= 0.3 is 0 Å². The normalized spacial score (nSPS) is 17.6. The molecule has 0 radical (unpaired) electrons. The largest absolute Gasteiger partial charge is 0.352 e. The van der Waals surface area contributed by atoms with Crippen LogP contribution < -0.4 is 11.1 Å². The number of benzene rings is 1. The van der Waals surface area contributed by atoms with Crippen molar-refractivity contribution < 1.29 is 4.79 Å². The third-order valence-corrected chi connectivity index (χ3v) is 6.03. The third kappa shape index (κ3) is 6.94. The lowest BCUT2D eigenvalue weighted by Crippen LogP contribution is -2.45. The van der Waals surface area contributed by atoms with Gasteiger partial charge in [-0.1, -0.05) is 44.5 Å². The van der Waals surface area contributed by atoms with E-state index in [4.69, 9.17) is 5.73 Å². The molecule has 1 unspecified atom stereocenters. The molecule has 0 saturated carbocycles. The number of carbonyl (C=O) groups is 1. The summed E-state index contributed by atoms with van der Waals surface area (Å²) >= 11 is 0. The first kappa shape index (κ1) is 26.2. The summed E-state index contributed by atoms with van der Waals surface area (Å²) in [5.74, 6) is 0.0752. The zero-order valence-corrected chi connectivity index (χ0v) is 18.6. The van der Waals surface area contributed by atoms with Crippen LogP contribution in [-0.4, -0.2) is 29.9 Å². The van der Waals surface area contributed by atoms with E-state index in [-0.39, 0.29) is 30.7 Å². The van der Waals surface area contributed by atoms with Crippen molar-refractivity contribution in [3.63, 3.8) is 0 Å².